The van der Waals surface area contributed by atoms with Crippen LogP contribution in [0.2, 0.25) is 0 Å². The summed E-state index contributed by atoms with van der Waals surface area (Å²) in [5.41, 5.74) is 2.45. The minimum Gasteiger partial charge on any atom is -0.368 e. The maximum absolute atomic E-state index is 4.58. The maximum atomic E-state index is 4.58. The van der Waals surface area contributed by atoms with Crippen molar-refractivity contribution in [2.75, 3.05) is 5.32 Å². The Morgan fingerprint density at radius 3 is 2.35 bits per heavy atom. The molecule has 1 aromatic rings. The third-order valence-electron chi connectivity index (χ3n) is 2.45. The van der Waals surface area contributed by atoms with Crippen molar-refractivity contribution < 1.29 is 0 Å². The van der Waals surface area contributed by atoms with Crippen LogP contribution in [0.3, 0.4) is 0 Å². The summed E-state index contributed by atoms with van der Waals surface area (Å²) in [6.07, 6.45) is 0.974. The second-order valence-electron chi connectivity index (χ2n) is 5.04. The van der Waals surface area contributed by atoms with E-state index in [0.717, 1.165) is 24.5 Å². The van der Waals surface area contributed by atoms with Crippen molar-refractivity contribution in [3.05, 3.63) is 23.4 Å². The molecule has 3 nitrogen and oxygen atoms in total. The SMILES string of the molecule is CCc1cc(CNC(C)C)cc(NC(C)C)n1. The number of nitrogens with zero attached hydrogens (tertiary/aromatic N) is 1. The average Bonchev–Trinajstić information content (AvgIpc) is 2.25. The molecular formula is C14H25N3. The Labute approximate surface area is 105 Å². The number of hydrogen-bond acceptors (Lipinski definition) is 3. The monoisotopic (exact) mass is 235 g/mol. The molecule has 0 spiro atoms. The van der Waals surface area contributed by atoms with Crippen molar-refractivity contribution in [1.82, 2.24) is 10.3 Å². The zero-order valence-corrected chi connectivity index (χ0v) is 11.7. The average molecular weight is 235 g/mol. The van der Waals surface area contributed by atoms with Gasteiger partial charge < -0.3 is 10.6 Å². The zero-order valence-electron chi connectivity index (χ0n) is 11.7. The van der Waals surface area contributed by atoms with Gasteiger partial charge in [-0.25, -0.2) is 4.98 Å². The molecule has 2 N–H and O–H groups in total. The summed E-state index contributed by atoms with van der Waals surface area (Å²) in [4.78, 5) is 4.58. The van der Waals surface area contributed by atoms with Gasteiger partial charge in [-0.1, -0.05) is 20.8 Å². The number of rotatable bonds is 6. The van der Waals surface area contributed by atoms with E-state index in [4.69, 9.17) is 0 Å². The lowest BCUT2D eigenvalue weighted by Gasteiger charge is -2.14. The maximum Gasteiger partial charge on any atom is 0.126 e. The van der Waals surface area contributed by atoms with Gasteiger partial charge in [0.05, 0.1) is 0 Å². The quantitative estimate of drug-likeness (QED) is 0.796. The van der Waals surface area contributed by atoms with Crippen LogP contribution in [0.1, 0.15) is 45.9 Å². The van der Waals surface area contributed by atoms with Crippen LogP contribution in [0, 0.1) is 0 Å². The van der Waals surface area contributed by atoms with Crippen molar-refractivity contribution in [3.63, 3.8) is 0 Å². The summed E-state index contributed by atoms with van der Waals surface area (Å²) < 4.78 is 0. The number of anilines is 1. The van der Waals surface area contributed by atoms with Gasteiger partial charge in [0, 0.05) is 24.3 Å². The van der Waals surface area contributed by atoms with Crippen LogP contribution in [-0.2, 0) is 13.0 Å². The van der Waals surface area contributed by atoms with E-state index in [-0.39, 0.29) is 0 Å². The summed E-state index contributed by atoms with van der Waals surface area (Å²) in [5, 5.41) is 6.81. The van der Waals surface area contributed by atoms with Crippen molar-refractivity contribution in [2.45, 2.75) is 59.7 Å². The van der Waals surface area contributed by atoms with Gasteiger partial charge in [0.2, 0.25) is 0 Å². The molecule has 17 heavy (non-hydrogen) atoms. The van der Waals surface area contributed by atoms with Crippen LogP contribution in [-0.4, -0.2) is 17.1 Å². The van der Waals surface area contributed by atoms with Crippen LogP contribution in [0.5, 0.6) is 0 Å². The normalized spacial score (nSPS) is 11.2. The van der Waals surface area contributed by atoms with Gasteiger partial charge >= 0.3 is 0 Å². The number of hydrogen-bond donors (Lipinski definition) is 2. The number of aromatic nitrogens is 1. The molecule has 3 heteroatoms. The molecule has 1 aromatic heterocycles. The van der Waals surface area contributed by atoms with Crippen molar-refractivity contribution in [2.24, 2.45) is 0 Å². The van der Waals surface area contributed by atoms with E-state index in [1.54, 1.807) is 0 Å². The first kappa shape index (κ1) is 14.0. The van der Waals surface area contributed by atoms with Crippen LogP contribution in [0.15, 0.2) is 12.1 Å². The lowest BCUT2D eigenvalue weighted by Crippen LogP contribution is -2.22. The molecule has 0 aliphatic carbocycles. The molecule has 0 atom stereocenters. The largest absolute Gasteiger partial charge is 0.368 e. The molecule has 1 heterocycles. The van der Waals surface area contributed by atoms with Crippen LogP contribution >= 0.6 is 0 Å². The second kappa shape index (κ2) is 6.60. The van der Waals surface area contributed by atoms with Gasteiger partial charge in [0.15, 0.2) is 0 Å². The molecule has 0 aromatic carbocycles. The predicted octanol–water partition coefficient (Wildman–Crippen LogP) is 2.96. The van der Waals surface area contributed by atoms with E-state index < -0.39 is 0 Å². The highest BCUT2D eigenvalue weighted by Gasteiger charge is 2.03. The highest BCUT2D eigenvalue weighted by atomic mass is 15.0. The highest BCUT2D eigenvalue weighted by molar-refractivity contribution is 5.40. The van der Waals surface area contributed by atoms with Crippen molar-refractivity contribution >= 4 is 5.82 Å². The molecule has 0 saturated heterocycles. The molecule has 0 amide bonds. The Morgan fingerprint density at radius 2 is 1.82 bits per heavy atom. The van der Waals surface area contributed by atoms with Gasteiger partial charge in [0.1, 0.15) is 5.82 Å². The standard InChI is InChI=1S/C14H25N3/c1-6-13-7-12(9-15-10(2)3)8-14(17-13)16-11(4)5/h7-8,10-11,15H,6,9H2,1-5H3,(H,16,17). The first-order valence-electron chi connectivity index (χ1n) is 6.51. The molecule has 0 radical (unpaired) electrons. The molecule has 0 aliphatic rings. The molecule has 0 fully saturated rings. The Kier molecular flexibility index (Phi) is 5.42. The third kappa shape index (κ3) is 5.18. The fraction of sp³-hybridized carbons (Fsp3) is 0.643. The lowest BCUT2D eigenvalue weighted by molar-refractivity contribution is 0.588. The van der Waals surface area contributed by atoms with Gasteiger partial charge in [-0.3, -0.25) is 0 Å². The minimum atomic E-state index is 0.417. The van der Waals surface area contributed by atoms with E-state index in [2.05, 4.69) is 62.4 Å². The van der Waals surface area contributed by atoms with Gasteiger partial charge in [-0.2, -0.15) is 0 Å². The molecule has 1 rings (SSSR count). The van der Waals surface area contributed by atoms with E-state index >= 15 is 0 Å². The van der Waals surface area contributed by atoms with Crippen LogP contribution < -0.4 is 10.6 Å². The first-order chi connectivity index (χ1) is 8.01. The summed E-state index contributed by atoms with van der Waals surface area (Å²) in [7, 11) is 0. The number of nitrogens with one attached hydrogen (secondary N) is 2. The number of aryl methyl sites for hydroxylation is 1. The van der Waals surface area contributed by atoms with Crippen LogP contribution in [0.25, 0.3) is 0 Å². The summed E-state index contributed by atoms with van der Waals surface area (Å²) in [6.45, 7) is 11.6. The van der Waals surface area contributed by atoms with E-state index in [1.165, 1.54) is 5.56 Å². The van der Waals surface area contributed by atoms with E-state index in [1.807, 2.05) is 0 Å². The fourth-order valence-electron chi connectivity index (χ4n) is 1.63. The molecule has 0 aliphatic heterocycles. The van der Waals surface area contributed by atoms with Crippen molar-refractivity contribution in [3.8, 4) is 0 Å². The predicted molar refractivity (Wildman–Crippen MR) is 74.3 cm³/mol. The zero-order chi connectivity index (χ0) is 12.8. The number of pyridine rings is 1. The smallest absolute Gasteiger partial charge is 0.126 e. The minimum absolute atomic E-state index is 0.417. The molecule has 0 bridgehead atoms. The molecule has 96 valence electrons. The van der Waals surface area contributed by atoms with Gasteiger partial charge in [-0.15, -0.1) is 0 Å². The lowest BCUT2D eigenvalue weighted by atomic mass is 10.2. The van der Waals surface area contributed by atoms with Crippen molar-refractivity contribution in [1.29, 1.82) is 0 Å². The summed E-state index contributed by atoms with van der Waals surface area (Å²) in [5.74, 6) is 0.986. The second-order valence-corrected chi connectivity index (χ2v) is 5.04. The van der Waals surface area contributed by atoms with E-state index in [9.17, 15) is 0 Å². The molecule has 0 saturated carbocycles. The Bertz CT molecular complexity index is 345. The fourth-order valence-corrected chi connectivity index (χ4v) is 1.63. The Balaban J connectivity index is 2.81. The third-order valence-corrected chi connectivity index (χ3v) is 2.45. The van der Waals surface area contributed by atoms with E-state index in [0.29, 0.717) is 12.1 Å². The van der Waals surface area contributed by atoms with Gasteiger partial charge in [-0.05, 0) is 38.0 Å². The summed E-state index contributed by atoms with van der Waals surface area (Å²) in [6, 6.07) is 5.24. The molecular weight excluding hydrogens is 210 g/mol. The Morgan fingerprint density at radius 1 is 1.12 bits per heavy atom. The Hall–Kier alpha value is -1.09. The van der Waals surface area contributed by atoms with Gasteiger partial charge in [0.25, 0.3) is 0 Å². The first-order valence-corrected chi connectivity index (χ1v) is 6.51. The molecule has 0 unspecified atom stereocenters. The topological polar surface area (TPSA) is 37.0 Å². The van der Waals surface area contributed by atoms with Crippen LogP contribution in [0.4, 0.5) is 5.82 Å². The highest BCUT2D eigenvalue weighted by Crippen LogP contribution is 2.12. The summed E-state index contributed by atoms with van der Waals surface area (Å²) >= 11 is 0.